The molecule has 2 aromatic carbocycles. The van der Waals surface area contributed by atoms with Crippen LogP contribution in [0.3, 0.4) is 0 Å². The molecule has 0 aliphatic rings. The molecule has 5 nitrogen and oxygen atoms in total. The molecule has 0 aromatic heterocycles. The summed E-state index contributed by atoms with van der Waals surface area (Å²) in [4.78, 5) is 26.2. The van der Waals surface area contributed by atoms with E-state index in [4.69, 9.17) is 0 Å². The number of carbonyl (C=O) groups is 2. The second kappa shape index (κ2) is 9.46. The van der Waals surface area contributed by atoms with Crippen molar-refractivity contribution >= 4 is 17.5 Å². The number of halogens is 1. The van der Waals surface area contributed by atoms with E-state index in [1.165, 1.54) is 12.1 Å². The summed E-state index contributed by atoms with van der Waals surface area (Å²) < 4.78 is 13.0. The molecule has 0 saturated carbocycles. The number of nitrogens with one attached hydrogen (secondary N) is 2. The van der Waals surface area contributed by atoms with Crippen LogP contribution >= 0.6 is 0 Å². The number of nitrogens with zero attached hydrogens (tertiary/aromatic N) is 1. The van der Waals surface area contributed by atoms with Crippen LogP contribution < -0.4 is 10.6 Å². The first-order valence-corrected chi connectivity index (χ1v) is 9.26. The summed E-state index contributed by atoms with van der Waals surface area (Å²) in [6, 6.07) is 9.82. The van der Waals surface area contributed by atoms with Crippen molar-refractivity contribution in [1.29, 1.82) is 0 Å². The summed E-state index contributed by atoms with van der Waals surface area (Å²) in [5.74, 6) is -0.682. The fourth-order valence-electron chi connectivity index (χ4n) is 3.22. The molecule has 0 radical (unpaired) electrons. The number of hydrogen-bond donors (Lipinski definition) is 2. The normalized spacial score (nSPS) is 12.0. The van der Waals surface area contributed by atoms with Crippen LogP contribution in [0.15, 0.2) is 36.4 Å². The van der Waals surface area contributed by atoms with E-state index in [0.29, 0.717) is 0 Å². The van der Waals surface area contributed by atoms with Gasteiger partial charge in [0.15, 0.2) is 0 Å². The van der Waals surface area contributed by atoms with E-state index >= 15 is 0 Å². The zero-order valence-electron chi connectivity index (χ0n) is 17.1. The first kappa shape index (κ1) is 21.6. The van der Waals surface area contributed by atoms with E-state index < -0.39 is 0 Å². The summed E-state index contributed by atoms with van der Waals surface area (Å²) in [5, 5.41) is 5.79. The molecule has 2 rings (SSSR count). The molecular weight excluding hydrogens is 357 g/mol. The topological polar surface area (TPSA) is 61.4 Å². The highest BCUT2D eigenvalue weighted by Gasteiger charge is 2.15. The summed E-state index contributed by atoms with van der Waals surface area (Å²) in [7, 11) is 1.72. The summed E-state index contributed by atoms with van der Waals surface area (Å²) in [5.41, 5.74) is 4.81. The predicted molar refractivity (Wildman–Crippen MR) is 110 cm³/mol. The van der Waals surface area contributed by atoms with E-state index in [2.05, 4.69) is 10.6 Å². The Morgan fingerprint density at radius 3 is 2.11 bits per heavy atom. The standard InChI is InChI=1S/C22H28FN3O2/c1-14-10-15(2)22(16(3)11-14)25-21(28)13-26(5)12-20(27)24-17(4)18-6-8-19(23)9-7-18/h6-11,17H,12-13H2,1-5H3,(H,24,27)(H,25,28). The Bertz CT molecular complexity index is 826. The van der Waals surface area contributed by atoms with Gasteiger partial charge in [-0.05, 0) is 63.6 Å². The Hall–Kier alpha value is -2.73. The number of amides is 2. The van der Waals surface area contributed by atoms with Gasteiger partial charge in [-0.25, -0.2) is 4.39 Å². The van der Waals surface area contributed by atoms with Crippen LogP contribution in [0.5, 0.6) is 0 Å². The molecule has 0 spiro atoms. The number of likely N-dealkylation sites (N-methyl/N-ethyl adjacent to an activating group) is 1. The minimum Gasteiger partial charge on any atom is -0.348 e. The molecule has 0 bridgehead atoms. The lowest BCUT2D eigenvalue weighted by molar-refractivity contribution is -0.123. The molecule has 0 aliphatic heterocycles. The molecule has 2 aromatic rings. The smallest absolute Gasteiger partial charge is 0.238 e. The first-order chi connectivity index (χ1) is 13.2. The number of benzene rings is 2. The molecule has 6 heteroatoms. The van der Waals surface area contributed by atoms with Gasteiger partial charge in [-0.15, -0.1) is 0 Å². The SMILES string of the molecule is Cc1cc(C)c(NC(=O)CN(C)CC(=O)NC(C)c2ccc(F)cc2)c(C)c1. The van der Waals surface area contributed by atoms with Crippen LogP contribution in [0.25, 0.3) is 0 Å². The molecule has 2 N–H and O–H groups in total. The fourth-order valence-corrected chi connectivity index (χ4v) is 3.22. The van der Waals surface area contributed by atoms with Crippen molar-refractivity contribution in [3.63, 3.8) is 0 Å². The van der Waals surface area contributed by atoms with Gasteiger partial charge in [0.2, 0.25) is 11.8 Å². The maximum atomic E-state index is 13.0. The second-order valence-electron chi connectivity index (χ2n) is 7.33. The number of aryl methyl sites for hydroxylation is 3. The highest BCUT2D eigenvalue weighted by molar-refractivity contribution is 5.94. The Morgan fingerprint density at radius 1 is 1.00 bits per heavy atom. The van der Waals surface area contributed by atoms with Gasteiger partial charge in [0.1, 0.15) is 5.82 Å². The lowest BCUT2D eigenvalue weighted by atomic mass is 10.1. The Morgan fingerprint density at radius 2 is 1.54 bits per heavy atom. The highest BCUT2D eigenvalue weighted by atomic mass is 19.1. The maximum Gasteiger partial charge on any atom is 0.238 e. The van der Waals surface area contributed by atoms with E-state index in [1.807, 2.05) is 39.8 Å². The van der Waals surface area contributed by atoms with Gasteiger partial charge in [0.05, 0.1) is 19.1 Å². The molecule has 0 saturated heterocycles. The molecule has 1 atom stereocenters. The van der Waals surface area contributed by atoms with Crippen LogP contribution in [-0.4, -0.2) is 36.9 Å². The van der Waals surface area contributed by atoms with Crippen molar-refractivity contribution in [2.45, 2.75) is 33.7 Å². The Kier molecular flexibility index (Phi) is 7.29. The average Bonchev–Trinajstić information content (AvgIpc) is 2.58. The average molecular weight is 385 g/mol. The molecule has 0 aliphatic carbocycles. The fraction of sp³-hybridized carbons (Fsp3) is 0.364. The van der Waals surface area contributed by atoms with E-state index in [-0.39, 0.29) is 36.8 Å². The van der Waals surface area contributed by atoms with Crippen LogP contribution in [-0.2, 0) is 9.59 Å². The van der Waals surface area contributed by atoms with Gasteiger partial charge in [0.25, 0.3) is 0 Å². The van der Waals surface area contributed by atoms with Gasteiger partial charge in [0, 0.05) is 5.69 Å². The Labute approximate surface area is 165 Å². The minimum absolute atomic E-state index is 0.0881. The molecule has 28 heavy (non-hydrogen) atoms. The number of hydrogen-bond acceptors (Lipinski definition) is 3. The summed E-state index contributed by atoms with van der Waals surface area (Å²) in [6.45, 7) is 7.97. The molecule has 0 fully saturated rings. The van der Waals surface area contributed by atoms with Gasteiger partial charge < -0.3 is 10.6 Å². The van der Waals surface area contributed by atoms with Gasteiger partial charge in [-0.3, -0.25) is 14.5 Å². The maximum absolute atomic E-state index is 13.0. The van der Waals surface area contributed by atoms with Crippen LogP contribution in [0.1, 0.15) is 35.2 Å². The zero-order chi connectivity index (χ0) is 20.8. The molecule has 150 valence electrons. The third-order valence-electron chi connectivity index (χ3n) is 4.52. The number of rotatable bonds is 7. The number of carbonyl (C=O) groups excluding carboxylic acids is 2. The third-order valence-corrected chi connectivity index (χ3v) is 4.52. The van der Waals surface area contributed by atoms with E-state index in [0.717, 1.165) is 27.9 Å². The van der Waals surface area contributed by atoms with Crippen LogP contribution in [0.4, 0.5) is 10.1 Å². The van der Waals surface area contributed by atoms with E-state index in [1.54, 1.807) is 24.1 Å². The summed E-state index contributed by atoms with van der Waals surface area (Å²) in [6.07, 6.45) is 0. The largest absolute Gasteiger partial charge is 0.348 e. The van der Waals surface area contributed by atoms with Crippen molar-refractivity contribution in [1.82, 2.24) is 10.2 Å². The molecule has 1 unspecified atom stereocenters. The molecular formula is C22H28FN3O2. The monoisotopic (exact) mass is 385 g/mol. The first-order valence-electron chi connectivity index (χ1n) is 9.26. The van der Waals surface area contributed by atoms with Crippen molar-refractivity contribution in [3.8, 4) is 0 Å². The van der Waals surface area contributed by atoms with Gasteiger partial charge in [-0.1, -0.05) is 29.8 Å². The third kappa shape index (κ3) is 6.16. The molecule has 2 amide bonds. The number of anilines is 1. The zero-order valence-corrected chi connectivity index (χ0v) is 17.1. The second-order valence-corrected chi connectivity index (χ2v) is 7.33. The van der Waals surface area contributed by atoms with Crippen molar-refractivity contribution in [2.75, 3.05) is 25.5 Å². The molecule has 0 heterocycles. The Balaban J connectivity index is 1.85. The van der Waals surface area contributed by atoms with Gasteiger partial charge >= 0.3 is 0 Å². The van der Waals surface area contributed by atoms with E-state index in [9.17, 15) is 14.0 Å². The highest BCUT2D eigenvalue weighted by Crippen LogP contribution is 2.21. The minimum atomic E-state index is -0.313. The lowest BCUT2D eigenvalue weighted by Crippen LogP contribution is -2.39. The summed E-state index contributed by atoms with van der Waals surface area (Å²) >= 11 is 0. The lowest BCUT2D eigenvalue weighted by Gasteiger charge is -2.20. The quantitative estimate of drug-likeness (QED) is 0.767. The van der Waals surface area contributed by atoms with Crippen LogP contribution in [0, 0.1) is 26.6 Å². The van der Waals surface area contributed by atoms with Crippen molar-refractivity contribution in [2.24, 2.45) is 0 Å². The van der Waals surface area contributed by atoms with Crippen LogP contribution in [0.2, 0.25) is 0 Å². The van der Waals surface area contributed by atoms with Crippen molar-refractivity contribution in [3.05, 3.63) is 64.5 Å². The predicted octanol–water partition coefficient (Wildman–Crippen LogP) is 3.50. The van der Waals surface area contributed by atoms with Crippen molar-refractivity contribution < 1.29 is 14.0 Å². The van der Waals surface area contributed by atoms with Gasteiger partial charge in [-0.2, -0.15) is 0 Å².